The second kappa shape index (κ2) is 5.52. The minimum Gasteiger partial charge on any atom is -0.394 e. The Balaban J connectivity index is 3.29. The number of hydrogen-bond acceptors (Lipinski definition) is 3. The minimum absolute atomic E-state index is 0.0428. The Morgan fingerprint density at radius 2 is 1.41 bits per heavy atom. The Morgan fingerprint density at radius 1 is 1.00 bits per heavy atom. The average Bonchev–Trinajstić information content (AvgIpc) is 2.28. The number of hydrogen-bond donors (Lipinski definition) is 2. The monoisotopic (exact) mass is 237 g/mol. The van der Waals surface area contributed by atoms with Crippen molar-refractivity contribution in [2.75, 3.05) is 25.2 Å². The van der Waals surface area contributed by atoms with E-state index in [0.717, 1.165) is 5.69 Å². The van der Waals surface area contributed by atoms with Crippen LogP contribution in [0.3, 0.4) is 0 Å². The molecule has 1 rings (SSSR count). The molecule has 0 heterocycles. The van der Waals surface area contributed by atoms with E-state index in [1.807, 2.05) is 11.9 Å². The van der Waals surface area contributed by atoms with Gasteiger partial charge in [-0.25, -0.2) is 0 Å². The van der Waals surface area contributed by atoms with Crippen LogP contribution in [0.5, 0.6) is 0 Å². The van der Waals surface area contributed by atoms with Crippen LogP contribution in [0.25, 0.3) is 0 Å². The Labute approximate surface area is 104 Å². The molecule has 1 aromatic rings. The molecule has 96 valence electrons. The maximum absolute atomic E-state index is 9.28. The van der Waals surface area contributed by atoms with Gasteiger partial charge >= 0.3 is 0 Å². The van der Waals surface area contributed by atoms with Gasteiger partial charge in [0.1, 0.15) is 0 Å². The fourth-order valence-electron chi connectivity index (χ4n) is 2.21. The van der Waals surface area contributed by atoms with Crippen molar-refractivity contribution in [2.45, 2.75) is 33.7 Å². The zero-order valence-corrected chi connectivity index (χ0v) is 11.4. The zero-order valence-electron chi connectivity index (χ0n) is 11.4. The van der Waals surface area contributed by atoms with Gasteiger partial charge in [-0.3, -0.25) is 0 Å². The largest absolute Gasteiger partial charge is 0.394 e. The Morgan fingerprint density at radius 3 is 1.76 bits per heavy atom. The molecule has 0 amide bonds. The number of aliphatic hydroxyl groups excluding tert-OH is 2. The molecule has 0 saturated carbocycles. The SMILES string of the molecule is Cc1cc(C)c(C)c(N(C)C(CO)CO)c1C. The van der Waals surface area contributed by atoms with Gasteiger partial charge in [0.05, 0.1) is 19.3 Å². The summed E-state index contributed by atoms with van der Waals surface area (Å²) in [5.41, 5.74) is 6.02. The van der Waals surface area contributed by atoms with Crippen molar-refractivity contribution in [2.24, 2.45) is 0 Å². The molecule has 0 saturated heterocycles. The Bertz CT molecular complexity index is 371. The molecular formula is C14H23NO2. The highest BCUT2D eigenvalue weighted by Crippen LogP contribution is 2.30. The lowest BCUT2D eigenvalue weighted by Crippen LogP contribution is -2.38. The van der Waals surface area contributed by atoms with E-state index in [9.17, 15) is 10.2 Å². The zero-order chi connectivity index (χ0) is 13.2. The van der Waals surface area contributed by atoms with Crippen molar-refractivity contribution in [1.82, 2.24) is 0 Å². The maximum Gasteiger partial charge on any atom is 0.0748 e. The minimum atomic E-state index is -0.242. The van der Waals surface area contributed by atoms with E-state index in [-0.39, 0.29) is 19.3 Å². The highest BCUT2D eigenvalue weighted by molar-refractivity contribution is 5.64. The van der Waals surface area contributed by atoms with E-state index < -0.39 is 0 Å². The Hall–Kier alpha value is -1.06. The number of nitrogens with zero attached hydrogens (tertiary/aromatic N) is 1. The van der Waals surface area contributed by atoms with Gasteiger partial charge < -0.3 is 15.1 Å². The highest BCUT2D eigenvalue weighted by atomic mass is 16.3. The van der Waals surface area contributed by atoms with E-state index in [1.54, 1.807) is 0 Å². The molecule has 2 N–H and O–H groups in total. The van der Waals surface area contributed by atoms with Gasteiger partial charge in [-0.2, -0.15) is 0 Å². The first-order chi connectivity index (χ1) is 7.93. The van der Waals surface area contributed by atoms with Crippen LogP contribution < -0.4 is 4.90 Å². The maximum atomic E-state index is 9.28. The number of aryl methyl sites for hydroxylation is 2. The summed E-state index contributed by atoms with van der Waals surface area (Å²) < 4.78 is 0. The van der Waals surface area contributed by atoms with Crippen molar-refractivity contribution >= 4 is 5.69 Å². The summed E-state index contributed by atoms with van der Waals surface area (Å²) in [7, 11) is 1.92. The van der Waals surface area contributed by atoms with Crippen molar-refractivity contribution in [3.63, 3.8) is 0 Å². The number of rotatable bonds is 4. The molecule has 0 aliphatic carbocycles. The molecular weight excluding hydrogens is 214 g/mol. The molecule has 0 atom stereocenters. The predicted molar refractivity (Wildman–Crippen MR) is 71.8 cm³/mol. The lowest BCUT2D eigenvalue weighted by molar-refractivity contribution is 0.190. The van der Waals surface area contributed by atoms with Crippen LogP contribution in [0.2, 0.25) is 0 Å². The number of aliphatic hydroxyl groups is 2. The van der Waals surface area contributed by atoms with E-state index in [0.29, 0.717) is 0 Å². The highest BCUT2D eigenvalue weighted by Gasteiger charge is 2.18. The molecule has 0 aromatic heterocycles. The second-order valence-electron chi connectivity index (χ2n) is 4.74. The van der Waals surface area contributed by atoms with Gasteiger partial charge in [0.15, 0.2) is 0 Å². The first kappa shape index (κ1) is 14.0. The summed E-state index contributed by atoms with van der Waals surface area (Å²) in [4.78, 5) is 1.98. The topological polar surface area (TPSA) is 43.7 Å². The van der Waals surface area contributed by atoms with Crippen molar-refractivity contribution < 1.29 is 10.2 Å². The molecule has 0 spiro atoms. The van der Waals surface area contributed by atoms with Crippen LogP contribution in [0.4, 0.5) is 5.69 Å². The summed E-state index contributed by atoms with van der Waals surface area (Å²) in [5.74, 6) is 0. The van der Waals surface area contributed by atoms with Crippen LogP contribution in [-0.4, -0.2) is 36.5 Å². The average molecular weight is 237 g/mol. The molecule has 3 heteroatoms. The lowest BCUT2D eigenvalue weighted by atomic mass is 9.97. The quantitative estimate of drug-likeness (QED) is 0.838. The molecule has 0 aliphatic heterocycles. The first-order valence-corrected chi connectivity index (χ1v) is 5.96. The molecule has 0 aliphatic rings. The third kappa shape index (κ3) is 2.61. The normalized spacial score (nSPS) is 11.1. The summed E-state index contributed by atoms with van der Waals surface area (Å²) in [6, 6.07) is 1.93. The van der Waals surface area contributed by atoms with Gasteiger partial charge in [-0.1, -0.05) is 6.07 Å². The van der Waals surface area contributed by atoms with E-state index in [1.165, 1.54) is 22.3 Å². The predicted octanol–water partition coefficient (Wildman–Crippen LogP) is 1.71. The van der Waals surface area contributed by atoms with Gasteiger partial charge in [0, 0.05) is 12.7 Å². The van der Waals surface area contributed by atoms with Crippen molar-refractivity contribution in [3.8, 4) is 0 Å². The van der Waals surface area contributed by atoms with Crippen LogP contribution in [0.1, 0.15) is 22.3 Å². The van der Waals surface area contributed by atoms with Crippen LogP contribution >= 0.6 is 0 Å². The number of likely N-dealkylation sites (N-methyl/N-ethyl adjacent to an activating group) is 1. The fourth-order valence-corrected chi connectivity index (χ4v) is 2.21. The van der Waals surface area contributed by atoms with E-state index in [4.69, 9.17) is 0 Å². The van der Waals surface area contributed by atoms with Gasteiger partial charge in [0.25, 0.3) is 0 Å². The van der Waals surface area contributed by atoms with Crippen LogP contribution in [-0.2, 0) is 0 Å². The standard InChI is InChI=1S/C14H23NO2/c1-9-6-10(2)12(4)14(11(9)3)15(5)13(7-16)8-17/h6,13,16-17H,7-8H2,1-5H3. The van der Waals surface area contributed by atoms with E-state index >= 15 is 0 Å². The molecule has 0 fully saturated rings. The van der Waals surface area contributed by atoms with Gasteiger partial charge in [-0.15, -0.1) is 0 Å². The summed E-state index contributed by atoms with van der Waals surface area (Å²) >= 11 is 0. The van der Waals surface area contributed by atoms with E-state index in [2.05, 4.69) is 33.8 Å². The molecule has 0 bridgehead atoms. The molecule has 3 nitrogen and oxygen atoms in total. The van der Waals surface area contributed by atoms with Crippen LogP contribution in [0.15, 0.2) is 6.07 Å². The fraction of sp³-hybridized carbons (Fsp3) is 0.571. The number of anilines is 1. The lowest BCUT2D eigenvalue weighted by Gasteiger charge is -2.31. The molecule has 0 unspecified atom stereocenters. The molecule has 0 radical (unpaired) electrons. The third-order valence-electron chi connectivity index (χ3n) is 3.65. The molecule has 17 heavy (non-hydrogen) atoms. The van der Waals surface area contributed by atoms with Crippen molar-refractivity contribution in [1.29, 1.82) is 0 Å². The Kier molecular flexibility index (Phi) is 4.54. The first-order valence-electron chi connectivity index (χ1n) is 5.96. The third-order valence-corrected chi connectivity index (χ3v) is 3.65. The van der Waals surface area contributed by atoms with Crippen molar-refractivity contribution in [3.05, 3.63) is 28.3 Å². The second-order valence-corrected chi connectivity index (χ2v) is 4.74. The molecule has 1 aromatic carbocycles. The summed E-state index contributed by atoms with van der Waals surface area (Å²) in [6.45, 7) is 8.26. The summed E-state index contributed by atoms with van der Waals surface area (Å²) in [6.07, 6.45) is 0. The summed E-state index contributed by atoms with van der Waals surface area (Å²) in [5, 5.41) is 18.6. The van der Waals surface area contributed by atoms with Gasteiger partial charge in [-0.05, 0) is 49.9 Å². The van der Waals surface area contributed by atoms with Gasteiger partial charge in [0.2, 0.25) is 0 Å². The smallest absolute Gasteiger partial charge is 0.0748 e. The number of benzene rings is 1. The van der Waals surface area contributed by atoms with Crippen LogP contribution in [0, 0.1) is 27.7 Å².